The Morgan fingerprint density at radius 1 is 1.28 bits per heavy atom. The number of rotatable bonds is 7. The Balaban J connectivity index is 2.45. The molecule has 0 amide bonds. The van der Waals surface area contributed by atoms with Crippen LogP contribution in [0.15, 0.2) is 29.4 Å². The van der Waals surface area contributed by atoms with Crippen LogP contribution in [0.3, 0.4) is 0 Å². The summed E-state index contributed by atoms with van der Waals surface area (Å²) in [5.74, 6) is 1.60. The molecule has 0 unspecified atom stereocenters. The predicted octanol–water partition coefficient (Wildman–Crippen LogP) is 4.09. The normalized spacial score (nSPS) is 11.9. The van der Waals surface area contributed by atoms with Crippen molar-refractivity contribution in [1.82, 2.24) is 0 Å². The number of benzene rings is 1. The van der Waals surface area contributed by atoms with E-state index in [1.54, 1.807) is 0 Å². The molecule has 0 aliphatic carbocycles. The molecule has 0 saturated carbocycles. The van der Waals surface area contributed by atoms with Gasteiger partial charge in [0.05, 0.1) is 12.3 Å². The number of hydrogen-bond donors (Lipinski definition) is 1. The minimum absolute atomic E-state index is 0.696. The van der Waals surface area contributed by atoms with Crippen molar-refractivity contribution in [2.45, 2.75) is 40.0 Å². The van der Waals surface area contributed by atoms with Gasteiger partial charge in [-0.2, -0.15) is 0 Å². The van der Waals surface area contributed by atoms with Gasteiger partial charge in [0.15, 0.2) is 0 Å². The molecular formula is C15H23NO2. The molecule has 0 heterocycles. The second-order valence-corrected chi connectivity index (χ2v) is 4.81. The van der Waals surface area contributed by atoms with Gasteiger partial charge in [-0.3, -0.25) is 0 Å². The third kappa shape index (κ3) is 4.78. The van der Waals surface area contributed by atoms with Crippen molar-refractivity contribution in [3.8, 4) is 5.75 Å². The lowest BCUT2D eigenvalue weighted by atomic mass is 10.1. The summed E-state index contributed by atoms with van der Waals surface area (Å²) in [5.41, 5.74) is 1.64. The molecule has 0 fully saturated rings. The van der Waals surface area contributed by atoms with E-state index < -0.39 is 0 Å². The van der Waals surface area contributed by atoms with E-state index in [-0.39, 0.29) is 0 Å². The van der Waals surface area contributed by atoms with E-state index in [1.807, 2.05) is 31.2 Å². The lowest BCUT2D eigenvalue weighted by Crippen LogP contribution is -2.01. The average molecular weight is 249 g/mol. The number of oxime groups is 1. The molecule has 0 atom stereocenters. The molecule has 0 radical (unpaired) electrons. The zero-order valence-electron chi connectivity index (χ0n) is 11.5. The zero-order valence-corrected chi connectivity index (χ0v) is 11.5. The summed E-state index contributed by atoms with van der Waals surface area (Å²) in [7, 11) is 0. The SMILES string of the molecule is CC/C(=N/O)c1ccc(OCCCC(C)C)cc1. The Morgan fingerprint density at radius 2 is 1.94 bits per heavy atom. The molecule has 3 nitrogen and oxygen atoms in total. The van der Waals surface area contributed by atoms with Crippen LogP contribution < -0.4 is 4.74 Å². The smallest absolute Gasteiger partial charge is 0.119 e. The molecule has 1 N–H and O–H groups in total. The van der Waals surface area contributed by atoms with Crippen molar-refractivity contribution in [2.24, 2.45) is 11.1 Å². The van der Waals surface area contributed by atoms with Crippen molar-refractivity contribution >= 4 is 5.71 Å². The summed E-state index contributed by atoms with van der Waals surface area (Å²) in [4.78, 5) is 0. The fourth-order valence-electron chi connectivity index (χ4n) is 1.76. The van der Waals surface area contributed by atoms with Crippen molar-refractivity contribution < 1.29 is 9.94 Å². The Morgan fingerprint density at radius 3 is 2.44 bits per heavy atom. The molecule has 0 aliphatic rings. The molecule has 0 bridgehead atoms. The summed E-state index contributed by atoms with van der Waals surface area (Å²) >= 11 is 0. The summed E-state index contributed by atoms with van der Waals surface area (Å²) in [6, 6.07) is 7.70. The van der Waals surface area contributed by atoms with Gasteiger partial charge in [0, 0.05) is 0 Å². The first-order valence-electron chi connectivity index (χ1n) is 6.61. The molecular weight excluding hydrogens is 226 g/mol. The molecule has 1 aromatic rings. The molecule has 0 spiro atoms. The fraction of sp³-hybridized carbons (Fsp3) is 0.533. The quantitative estimate of drug-likeness (QED) is 0.342. The van der Waals surface area contributed by atoms with Crippen molar-refractivity contribution in [1.29, 1.82) is 0 Å². The van der Waals surface area contributed by atoms with Crippen LogP contribution >= 0.6 is 0 Å². The van der Waals surface area contributed by atoms with Crippen LogP contribution in [-0.2, 0) is 0 Å². The first-order valence-corrected chi connectivity index (χ1v) is 6.61. The first kappa shape index (κ1) is 14.6. The van der Waals surface area contributed by atoms with E-state index in [0.717, 1.165) is 30.3 Å². The van der Waals surface area contributed by atoms with Crippen LogP contribution in [0.1, 0.15) is 45.6 Å². The van der Waals surface area contributed by atoms with Gasteiger partial charge < -0.3 is 9.94 Å². The maximum Gasteiger partial charge on any atom is 0.119 e. The van der Waals surface area contributed by atoms with Crippen LogP contribution in [-0.4, -0.2) is 17.5 Å². The number of ether oxygens (including phenoxy) is 1. The highest BCUT2D eigenvalue weighted by Crippen LogP contribution is 2.15. The summed E-state index contributed by atoms with van der Waals surface area (Å²) in [6.07, 6.45) is 2.98. The maximum absolute atomic E-state index is 8.83. The number of hydrogen-bond acceptors (Lipinski definition) is 3. The van der Waals surface area contributed by atoms with Gasteiger partial charge in [0.25, 0.3) is 0 Å². The highest BCUT2D eigenvalue weighted by atomic mass is 16.5. The summed E-state index contributed by atoms with van der Waals surface area (Å²) in [5, 5.41) is 12.1. The topological polar surface area (TPSA) is 41.8 Å². The van der Waals surface area contributed by atoms with Gasteiger partial charge in [-0.05, 0) is 55.0 Å². The second-order valence-electron chi connectivity index (χ2n) is 4.81. The van der Waals surface area contributed by atoms with Crippen LogP contribution in [0.4, 0.5) is 0 Å². The molecule has 0 saturated heterocycles. The van der Waals surface area contributed by atoms with E-state index in [4.69, 9.17) is 9.94 Å². The third-order valence-electron chi connectivity index (χ3n) is 2.84. The van der Waals surface area contributed by atoms with Crippen LogP contribution in [0.2, 0.25) is 0 Å². The number of nitrogens with zero attached hydrogens (tertiary/aromatic N) is 1. The van der Waals surface area contributed by atoms with Gasteiger partial charge in [0.2, 0.25) is 0 Å². The Kier molecular flexibility index (Phi) is 6.26. The van der Waals surface area contributed by atoms with E-state index in [1.165, 1.54) is 6.42 Å². The lowest BCUT2D eigenvalue weighted by Gasteiger charge is -2.08. The van der Waals surface area contributed by atoms with Crippen LogP contribution in [0.25, 0.3) is 0 Å². The molecule has 0 aliphatic heterocycles. The minimum Gasteiger partial charge on any atom is -0.494 e. The van der Waals surface area contributed by atoms with Gasteiger partial charge in [-0.25, -0.2) is 0 Å². The van der Waals surface area contributed by atoms with Crippen LogP contribution in [0, 0.1) is 5.92 Å². The Labute approximate surface area is 109 Å². The largest absolute Gasteiger partial charge is 0.494 e. The van der Waals surface area contributed by atoms with Gasteiger partial charge in [0.1, 0.15) is 5.75 Å². The minimum atomic E-state index is 0.696. The van der Waals surface area contributed by atoms with Gasteiger partial charge in [-0.15, -0.1) is 0 Å². The average Bonchev–Trinajstić information content (AvgIpc) is 2.37. The van der Waals surface area contributed by atoms with E-state index in [0.29, 0.717) is 12.1 Å². The highest BCUT2D eigenvalue weighted by molar-refractivity contribution is 6.00. The van der Waals surface area contributed by atoms with Crippen molar-refractivity contribution in [2.75, 3.05) is 6.61 Å². The first-order chi connectivity index (χ1) is 8.67. The van der Waals surface area contributed by atoms with Crippen molar-refractivity contribution in [3.63, 3.8) is 0 Å². The Bertz CT molecular complexity index is 369. The third-order valence-corrected chi connectivity index (χ3v) is 2.84. The fourth-order valence-corrected chi connectivity index (χ4v) is 1.76. The molecule has 3 heteroatoms. The standard InChI is InChI=1S/C15H23NO2/c1-4-15(16-17)13-7-9-14(10-8-13)18-11-5-6-12(2)3/h7-10,12,17H,4-6,11H2,1-3H3/b16-15-. The Hall–Kier alpha value is -1.51. The van der Waals surface area contributed by atoms with Gasteiger partial charge in [-0.1, -0.05) is 25.9 Å². The molecule has 18 heavy (non-hydrogen) atoms. The van der Waals surface area contributed by atoms with E-state index in [2.05, 4.69) is 19.0 Å². The van der Waals surface area contributed by atoms with Crippen molar-refractivity contribution in [3.05, 3.63) is 29.8 Å². The van der Waals surface area contributed by atoms with Crippen LogP contribution in [0.5, 0.6) is 5.75 Å². The molecule has 100 valence electrons. The highest BCUT2D eigenvalue weighted by Gasteiger charge is 2.02. The lowest BCUT2D eigenvalue weighted by molar-refractivity contribution is 0.297. The monoisotopic (exact) mass is 249 g/mol. The maximum atomic E-state index is 8.83. The summed E-state index contributed by atoms with van der Waals surface area (Å²) < 4.78 is 5.66. The van der Waals surface area contributed by atoms with Gasteiger partial charge >= 0.3 is 0 Å². The zero-order chi connectivity index (χ0) is 13.4. The second kappa shape index (κ2) is 7.75. The molecule has 1 rings (SSSR count). The summed E-state index contributed by atoms with van der Waals surface area (Å²) in [6.45, 7) is 7.15. The molecule has 1 aromatic carbocycles. The molecule has 0 aromatic heterocycles. The predicted molar refractivity (Wildman–Crippen MR) is 74.6 cm³/mol. The van der Waals surface area contributed by atoms with E-state index in [9.17, 15) is 0 Å². The van der Waals surface area contributed by atoms with E-state index >= 15 is 0 Å².